The van der Waals surface area contributed by atoms with Gasteiger partial charge in [-0.15, -0.1) is 0 Å². The number of ether oxygens (including phenoxy) is 2. The molecule has 0 spiro atoms. The van der Waals surface area contributed by atoms with Gasteiger partial charge in [-0.25, -0.2) is 9.59 Å². The van der Waals surface area contributed by atoms with E-state index in [9.17, 15) is 19.2 Å². The van der Waals surface area contributed by atoms with Crippen LogP contribution in [0, 0.1) is 5.92 Å². The smallest absolute Gasteiger partial charge is 0.408 e. The Morgan fingerprint density at radius 2 is 1.10 bits per heavy atom. The lowest BCUT2D eigenvalue weighted by molar-refractivity contribution is -0.145. The molecule has 0 aliphatic heterocycles. The number of hydrogen-bond acceptors (Lipinski definition) is 6. The fraction of sp³-hybridized carbons (Fsp3) is 0.312. The van der Waals surface area contributed by atoms with Crippen LogP contribution in [0.2, 0.25) is 0 Å². The number of amides is 3. The zero-order valence-corrected chi connectivity index (χ0v) is 23.5. The number of rotatable bonds is 13. The van der Waals surface area contributed by atoms with E-state index in [2.05, 4.69) is 16.0 Å². The molecule has 3 N–H and O–H groups in total. The Bertz CT molecular complexity index is 1270. The molecular formula is C32H37N3O6. The zero-order valence-electron chi connectivity index (χ0n) is 23.5. The molecule has 0 bridgehead atoms. The molecule has 3 aromatic rings. The highest BCUT2D eigenvalue weighted by Gasteiger charge is 2.31. The van der Waals surface area contributed by atoms with Crippen molar-refractivity contribution in [2.24, 2.45) is 5.92 Å². The first-order valence-corrected chi connectivity index (χ1v) is 13.5. The highest BCUT2D eigenvalue weighted by atomic mass is 16.5. The average molecular weight is 560 g/mol. The maximum Gasteiger partial charge on any atom is 0.408 e. The Morgan fingerprint density at radius 3 is 1.59 bits per heavy atom. The lowest BCUT2D eigenvalue weighted by Crippen LogP contribution is -2.57. The van der Waals surface area contributed by atoms with Gasteiger partial charge in [0.05, 0.1) is 7.11 Å². The largest absolute Gasteiger partial charge is 0.467 e. The van der Waals surface area contributed by atoms with E-state index in [0.29, 0.717) is 0 Å². The first-order valence-electron chi connectivity index (χ1n) is 13.5. The van der Waals surface area contributed by atoms with Crippen molar-refractivity contribution in [3.8, 4) is 0 Å². The van der Waals surface area contributed by atoms with E-state index in [-0.39, 0.29) is 25.4 Å². The molecule has 9 nitrogen and oxygen atoms in total. The van der Waals surface area contributed by atoms with Gasteiger partial charge < -0.3 is 25.4 Å². The molecule has 216 valence electrons. The van der Waals surface area contributed by atoms with E-state index >= 15 is 0 Å². The minimum atomic E-state index is -1.03. The quantitative estimate of drug-likeness (QED) is 0.275. The number of benzene rings is 3. The molecule has 0 radical (unpaired) electrons. The van der Waals surface area contributed by atoms with Crippen molar-refractivity contribution in [1.29, 1.82) is 0 Å². The summed E-state index contributed by atoms with van der Waals surface area (Å²) < 4.78 is 10.2. The molecule has 3 rings (SSSR count). The predicted molar refractivity (Wildman–Crippen MR) is 155 cm³/mol. The van der Waals surface area contributed by atoms with Crippen LogP contribution >= 0.6 is 0 Å². The molecule has 0 aliphatic rings. The lowest BCUT2D eigenvalue weighted by atomic mass is 10.0. The van der Waals surface area contributed by atoms with Crippen LogP contribution in [0.5, 0.6) is 0 Å². The topological polar surface area (TPSA) is 123 Å². The third-order valence-electron chi connectivity index (χ3n) is 6.44. The van der Waals surface area contributed by atoms with E-state index in [4.69, 9.17) is 9.47 Å². The molecule has 9 heteroatoms. The van der Waals surface area contributed by atoms with E-state index < -0.39 is 42.0 Å². The van der Waals surface area contributed by atoms with Crippen LogP contribution in [0.4, 0.5) is 4.79 Å². The molecule has 41 heavy (non-hydrogen) atoms. The van der Waals surface area contributed by atoms with E-state index in [1.807, 2.05) is 91.0 Å². The lowest BCUT2D eigenvalue weighted by Gasteiger charge is -2.26. The fourth-order valence-electron chi connectivity index (χ4n) is 4.20. The third-order valence-corrected chi connectivity index (χ3v) is 6.44. The fourth-order valence-corrected chi connectivity index (χ4v) is 4.20. The van der Waals surface area contributed by atoms with E-state index in [0.717, 1.165) is 16.7 Å². The van der Waals surface area contributed by atoms with Crippen molar-refractivity contribution in [3.05, 3.63) is 108 Å². The molecule has 0 unspecified atom stereocenters. The first kappa shape index (κ1) is 30.9. The molecule has 0 saturated heterocycles. The molecule has 0 heterocycles. The molecule has 0 saturated carbocycles. The van der Waals surface area contributed by atoms with Gasteiger partial charge in [0.1, 0.15) is 24.7 Å². The minimum Gasteiger partial charge on any atom is -0.467 e. The summed E-state index contributed by atoms with van der Waals surface area (Å²) in [6.45, 7) is 3.61. The second-order valence-electron chi connectivity index (χ2n) is 9.95. The molecule has 0 fully saturated rings. The first-order chi connectivity index (χ1) is 19.8. The van der Waals surface area contributed by atoms with E-state index in [1.54, 1.807) is 13.8 Å². The SMILES string of the molecule is COC(=O)[C@H](Cc1ccccc1)NC(=O)[C@H](Cc1ccccc1)NC(=O)[C@@H](NC(=O)OCc1ccccc1)C(C)C. The second-order valence-corrected chi connectivity index (χ2v) is 9.95. The Labute approximate surface area is 240 Å². The molecular weight excluding hydrogens is 522 g/mol. The number of carbonyl (C=O) groups is 4. The van der Waals surface area contributed by atoms with Crippen molar-refractivity contribution < 1.29 is 28.7 Å². The summed E-state index contributed by atoms with van der Waals surface area (Å²) in [6, 6.07) is 24.7. The Kier molecular flexibility index (Phi) is 11.9. The van der Waals surface area contributed by atoms with Crippen molar-refractivity contribution in [2.45, 2.75) is 51.4 Å². The van der Waals surface area contributed by atoms with Gasteiger partial charge in [0, 0.05) is 12.8 Å². The van der Waals surface area contributed by atoms with Crippen molar-refractivity contribution in [2.75, 3.05) is 7.11 Å². The monoisotopic (exact) mass is 559 g/mol. The van der Waals surface area contributed by atoms with Crippen LogP contribution in [-0.2, 0) is 43.3 Å². The number of alkyl carbamates (subject to hydrolysis) is 1. The average Bonchev–Trinajstić information content (AvgIpc) is 2.99. The van der Waals surface area contributed by atoms with Gasteiger partial charge in [0.15, 0.2) is 0 Å². The maximum absolute atomic E-state index is 13.5. The zero-order chi connectivity index (χ0) is 29.6. The summed E-state index contributed by atoms with van der Waals surface area (Å²) in [7, 11) is 1.26. The van der Waals surface area contributed by atoms with Gasteiger partial charge in [-0.3, -0.25) is 9.59 Å². The van der Waals surface area contributed by atoms with Crippen LogP contribution in [0.25, 0.3) is 0 Å². The van der Waals surface area contributed by atoms with Gasteiger partial charge in [-0.1, -0.05) is 105 Å². The minimum absolute atomic E-state index is 0.0501. The van der Waals surface area contributed by atoms with Gasteiger partial charge >= 0.3 is 12.1 Å². The van der Waals surface area contributed by atoms with Crippen molar-refractivity contribution in [1.82, 2.24) is 16.0 Å². The predicted octanol–water partition coefficient (Wildman–Crippen LogP) is 3.57. The Morgan fingerprint density at radius 1 is 0.634 bits per heavy atom. The van der Waals surface area contributed by atoms with Gasteiger partial charge in [-0.05, 0) is 22.6 Å². The normalized spacial score (nSPS) is 12.9. The summed E-state index contributed by atoms with van der Waals surface area (Å²) in [5.74, 6) is -2.01. The summed E-state index contributed by atoms with van der Waals surface area (Å²) in [5, 5.41) is 8.14. The summed E-state index contributed by atoms with van der Waals surface area (Å²) in [6.07, 6.45) is -0.365. The van der Waals surface area contributed by atoms with Crippen LogP contribution in [0.3, 0.4) is 0 Å². The van der Waals surface area contributed by atoms with Crippen LogP contribution in [0.15, 0.2) is 91.0 Å². The Balaban J connectivity index is 1.73. The van der Waals surface area contributed by atoms with Crippen LogP contribution in [-0.4, -0.2) is 49.1 Å². The van der Waals surface area contributed by atoms with Crippen LogP contribution in [0.1, 0.15) is 30.5 Å². The highest BCUT2D eigenvalue weighted by molar-refractivity contribution is 5.93. The number of carbonyl (C=O) groups excluding carboxylic acids is 4. The van der Waals surface area contributed by atoms with Gasteiger partial charge in [0.25, 0.3) is 0 Å². The Hall–Kier alpha value is -4.66. The molecule has 3 atom stereocenters. The molecule has 3 amide bonds. The van der Waals surface area contributed by atoms with Crippen LogP contribution < -0.4 is 16.0 Å². The number of methoxy groups -OCH3 is 1. The number of nitrogens with one attached hydrogen (secondary N) is 3. The van der Waals surface area contributed by atoms with Crippen molar-refractivity contribution >= 4 is 23.9 Å². The standard InChI is InChI=1S/C32H37N3O6/c1-22(2)28(35-32(39)41-21-25-17-11-6-12-18-25)30(37)33-26(19-23-13-7-4-8-14-23)29(36)34-27(31(38)40-3)20-24-15-9-5-10-16-24/h4-18,22,26-28H,19-21H2,1-3H3,(H,33,37)(H,34,36)(H,35,39)/t26-,27-,28-/m0/s1. The third kappa shape index (κ3) is 10.1. The molecule has 3 aromatic carbocycles. The highest BCUT2D eigenvalue weighted by Crippen LogP contribution is 2.10. The number of esters is 1. The second kappa shape index (κ2) is 15.8. The molecule has 0 aromatic heterocycles. The molecule has 0 aliphatic carbocycles. The van der Waals surface area contributed by atoms with E-state index in [1.165, 1.54) is 7.11 Å². The maximum atomic E-state index is 13.5. The summed E-state index contributed by atoms with van der Waals surface area (Å²) >= 11 is 0. The summed E-state index contributed by atoms with van der Waals surface area (Å²) in [4.78, 5) is 52.0. The van der Waals surface area contributed by atoms with Crippen molar-refractivity contribution in [3.63, 3.8) is 0 Å². The number of hydrogen-bond donors (Lipinski definition) is 3. The van der Waals surface area contributed by atoms with Gasteiger partial charge in [0.2, 0.25) is 11.8 Å². The summed E-state index contributed by atoms with van der Waals surface area (Å²) in [5.41, 5.74) is 2.45. The van der Waals surface area contributed by atoms with Gasteiger partial charge in [-0.2, -0.15) is 0 Å².